The summed E-state index contributed by atoms with van der Waals surface area (Å²) in [7, 11) is 1.44. The Balaban J connectivity index is 2.42. The molecular formula is C16H21NO4. The van der Waals surface area contributed by atoms with Crippen LogP contribution in [0.5, 0.6) is 0 Å². The average molecular weight is 291 g/mol. The molecule has 5 heteroatoms. The number of aliphatic hydroxyl groups excluding tert-OH is 1. The van der Waals surface area contributed by atoms with Crippen molar-refractivity contribution in [3.05, 3.63) is 36.0 Å². The van der Waals surface area contributed by atoms with Crippen molar-refractivity contribution in [2.24, 2.45) is 0 Å². The highest BCUT2D eigenvalue weighted by Gasteiger charge is 2.21. The third-order valence-corrected chi connectivity index (χ3v) is 3.05. The predicted octanol–water partition coefficient (Wildman–Crippen LogP) is 2.93. The zero-order chi connectivity index (χ0) is 15.6. The van der Waals surface area contributed by atoms with Gasteiger partial charge in [-0.25, -0.2) is 4.79 Å². The van der Waals surface area contributed by atoms with Gasteiger partial charge in [-0.2, -0.15) is 0 Å². The van der Waals surface area contributed by atoms with E-state index in [4.69, 9.17) is 9.47 Å². The first-order chi connectivity index (χ1) is 9.81. The summed E-state index contributed by atoms with van der Waals surface area (Å²) in [5.74, 6) is 0. The van der Waals surface area contributed by atoms with Crippen molar-refractivity contribution >= 4 is 17.0 Å². The van der Waals surface area contributed by atoms with Crippen LogP contribution in [-0.2, 0) is 15.9 Å². The third kappa shape index (κ3) is 3.62. The Kier molecular flexibility index (Phi) is 4.34. The number of aliphatic hydroxyl groups is 1. The largest absolute Gasteiger partial charge is 0.443 e. The van der Waals surface area contributed by atoms with Crippen LogP contribution in [0.4, 0.5) is 4.79 Å². The summed E-state index contributed by atoms with van der Waals surface area (Å²) in [4.78, 5) is 12.3. The number of rotatable bonds is 3. The highest BCUT2D eigenvalue weighted by atomic mass is 16.6. The summed E-state index contributed by atoms with van der Waals surface area (Å²) < 4.78 is 11.8. The van der Waals surface area contributed by atoms with Gasteiger partial charge < -0.3 is 14.6 Å². The maximum Gasteiger partial charge on any atom is 0.419 e. The summed E-state index contributed by atoms with van der Waals surface area (Å²) in [6.45, 7) is 5.48. The van der Waals surface area contributed by atoms with Crippen molar-refractivity contribution in [1.82, 2.24) is 4.57 Å². The number of methoxy groups -OCH3 is 1. The SMILES string of the molecule is COC(O)Cc1cn(C(=O)OC(C)(C)C)c2ccccc12. The number of carbonyl (C=O) groups is 1. The molecule has 0 amide bonds. The molecule has 1 atom stereocenters. The van der Waals surface area contributed by atoms with Crippen LogP contribution in [0.3, 0.4) is 0 Å². The van der Waals surface area contributed by atoms with E-state index in [0.717, 1.165) is 16.5 Å². The summed E-state index contributed by atoms with van der Waals surface area (Å²) in [6, 6.07) is 7.51. The van der Waals surface area contributed by atoms with Gasteiger partial charge in [-0.1, -0.05) is 18.2 Å². The van der Waals surface area contributed by atoms with Crippen LogP contribution in [0.1, 0.15) is 26.3 Å². The van der Waals surface area contributed by atoms with Gasteiger partial charge >= 0.3 is 6.09 Å². The molecule has 5 nitrogen and oxygen atoms in total. The Morgan fingerprint density at radius 1 is 1.33 bits per heavy atom. The fraction of sp³-hybridized carbons (Fsp3) is 0.438. The molecule has 0 fully saturated rings. The molecular weight excluding hydrogens is 270 g/mol. The first-order valence-electron chi connectivity index (χ1n) is 6.85. The highest BCUT2D eigenvalue weighted by molar-refractivity contribution is 5.92. The number of benzene rings is 1. The molecule has 21 heavy (non-hydrogen) atoms. The Bertz CT molecular complexity index is 639. The lowest BCUT2D eigenvalue weighted by Crippen LogP contribution is -2.26. The molecule has 1 unspecified atom stereocenters. The molecule has 0 saturated heterocycles. The van der Waals surface area contributed by atoms with Gasteiger partial charge in [-0.15, -0.1) is 0 Å². The van der Waals surface area contributed by atoms with E-state index in [2.05, 4.69) is 0 Å². The lowest BCUT2D eigenvalue weighted by atomic mass is 10.1. The van der Waals surface area contributed by atoms with Gasteiger partial charge in [0.2, 0.25) is 0 Å². The Morgan fingerprint density at radius 2 is 2.00 bits per heavy atom. The molecule has 2 rings (SSSR count). The highest BCUT2D eigenvalue weighted by Crippen LogP contribution is 2.24. The molecule has 0 aliphatic rings. The van der Waals surface area contributed by atoms with E-state index in [1.807, 2.05) is 45.0 Å². The smallest absolute Gasteiger partial charge is 0.419 e. The molecule has 1 aromatic heterocycles. The molecule has 114 valence electrons. The summed E-state index contributed by atoms with van der Waals surface area (Å²) >= 11 is 0. The molecule has 2 aromatic rings. The Hall–Kier alpha value is -1.85. The zero-order valence-corrected chi connectivity index (χ0v) is 12.8. The average Bonchev–Trinajstić information content (AvgIpc) is 2.76. The second kappa shape index (κ2) is 5.87. The van der Waals surface area contributed by atoms with Crippen LogP contribution >= 0.6 is 0 Å². The van der Waals surface area contributed by atoms with Crippen LogP contribution < -0.4 is 0 Å². The molecule has 0 spiro atoms. The topological polar surface area (TPSA) is 60.7 Å². The Morgan fingerprint density at radius 3 is 2.62 bits per heavy atom. The van der Waals surface area contributed by atoms with Gasteiger partial charge in [0.25, 0.3) is 0 Å². The molecule has 1 heterocycles. The van der Waals surface area contributed by atoms with Gasteiger partial charge in [0.15, 0.2) is 6.29 Å². The van der Waals surface area contributed by atoms with Gasteiger partial charge in [-0.3, -0.25) is 4.57 Å². The maximum atomic E-state index is 12.3. The first kappa shape index (κ1) is 15.5. The second-order valence-corrected chi connectivity index (χ2v) is 5.92. The van der Waals surface area contributed by atoms with Crippen molar-refractivity contribution in [1.29, 1.82) is 0 Å². The number of carbonyl (C=O) groups excluding carboxylic acids is 1. The summed E-state index contributed by atoms with van der Waals surface area (Å²) in [5, 5.41) is 10.6. The minimum atomic E-state index is -0.900. The molecule has 0 bridgehead atoms. The standard InChI is InChI=1S/C16H21NO4/c1-16(2,3)21-15(19)17-10-11(9-14(18)20-4)12-7-5-6-8-13(12)17/h5-8,10,14,18H,9H2,1-4H3. The van der Waals surface area contributed by atoms with Crippen molar-refractivity contribution < 1.29 is 19.4 Å². The van der Waals surface area contributed by atoms with E-state index >= 15 is 0 Å². The van der Waals surface area contributed by atoms with Gasteiger partial charge in [0.05, 0.1) is 5.52 Å². The molecule has 0 aliphatic heterocycles. The van der Waals surface area contributed by atoms with E-state index in [9.17, 15) is 9.90 Å². The van der Waals surface area contributed by atoms with Crippen LogP contribution in [-0.4, -0.2) is 34.8 Å². The molecule has 0 aliphatic carbocycles. The van der Waals surface area contributed by atoms with Gasteiger partial charge in [-0.05, 0) is 32.4 Å². The van der Waals surface area contributed by atoms with Gasteiger partial charge in [0, 0.05) is 25.1 Å². The second-order valence-electron chi connectivity index (χ2n) is 5.92. The fourth-order valence-electron chi connectivity index (χ4n) is 2.15. The van der Waals surface area contributed by atoms with E-state index in [1.54, 1.807) is 6.20 Å². The van der Waals surface area contributed by atoms with E-state index in [1.165, 1.54) is 11.7 Å². The molecule has 1 aromatic carbocycles. The van der Waals surface area contributed by atoms with Crippen LogP contribution in [0.2, 0.25) is 0 Å². The van der Waals surface area contributed by atoms with E-state index in [-0.39, 0.29) is 0 Å². The van der Waals surface area contributed by atoms with Crippen LogP contribution in [0, 0.1) is 0 Å². The third-order valence-electron chi connectivity index (χ3n) is 3.05. The lowest BCUT2D eigenvalue weighted by Gasteiger charge is -2.19. The number of ether oxygens (including phenoxy) is 2. The van der Waals surface area contributed by atoms with Crippen molar-refractivity contribution in [2.75, 3.05) is 7.11 Å². The number of hydrogen-bond donors (Lipinski definition) is 1. The monoisotopic (exact) mass is 291 g/mol. The predicted molar refractivity (Wildman–Crippen MR) is 80.3 cm³/mol. The quantitative estimate of drug-likeness (QED) is 0.883. The summed E-state index contributed by atoms with van der Waals surface area (Å²) in [5.41, 5.74) is 1.03. The fourth-order valence-corrected chi connectivity index (χ4v) is 2.15. The maximum absolute atomic E-state index is 12.3. The minimum absolute atomic E-state index is 0.312. The minimum Gasteiger partial charge on any atom is -0.443 e. The van der Waals surface area contributed by atoms with Crippen molar-refractivity contribution in [3.63, 3.8) is 0 Å². The summed E-state index contributed by atoms with van der Waals surface area (Å²) in [6.07, 6.45) is 0.674. The molecule has 0 saturated carbocycles. The lowest BCUT2D eigenvalue weighted by molar-refractivity contribution is -0.0718. The first-order valence-corrected chi connectivity index (χ1v) is 6.85. The van der Waals surface area contributed by atoms with Crippen LogP contribution in [0.15, 0.2) is 30.5 Å². The number of fused-ring (bicyclic) bond motifs is 1. The number of aromatic nitrogens is 1. The normalized spacial score (nSPS) is 13.4. The van der Waals surface area contributed by atoms with E-state index in [0.29, 0.717) is 6.42 Å². The zero-order valence-electron chi connectivity index (χ0n) is 12.8. The molecule has 0 radical (unpaired) electrons. The Labute approximate surface area is 124 Å². The molecule has 1 N–H and O–H groups in total. The van der Waals surface area contributed by atoms with Crippen molar-refractivity contribution in [2.45, 2.75) is 39.1 Å². The van der Waals surface area contributed by atoms with Crippen LogP contribution in [0.25, 0.3) is 10.9 Å². The van der Waals surface area contributed by atoms with Gasteiger partial charge in [0.1, 0.15) is 5.60 Å². The number of nitrogens with zero attached hydrogens (tertiary/aromatic N) is 1. The number of hydrogen-bond acceptors (Lipinski definition) is 4. The number of para-hydroxylation sites is 1. The van der Waals surface area contributed by atoms with E-state index < -0.39 is 18.0 Å². The van der Waals surface area contributed by atoms with Crippen molar-refractivity contribution in [3.8, 4) is 0 Å².